The van der Waals surface area contributed by atoms with Crippen molar-refractivity contribution in [2.75, 3.05) is 20.6 Å². The monoisotopic (exact) mass is 437 g/mol. The van der Waals surface area contributed by atoms with Crippen LogP contribution >= 0.6 is 0 Å². The van der Waals surface area contributed by atoms with E-state index >= 15 is 0 Å². The van der Waals surface area contributed by atoms with Gasteiger partial charge in [0.15, 0.2) is 5.84 Å². The normalized spacial score (nSPS) is 13.2. The summed E-state index contributed by atoms with van der Waals surface area (Å²) in [5, 5.41) is 15.7. The van der Waals surface area contributed by atoms with Crippen LogP contribution in [0.4, 0.5) is 5.69 Å². The van der Waals surface area contributed by atoms with Crippen LogP contribution in [0.2, 0.25) is 0 Å². The van der Waals surface area contributed by atoms with Crippen molar-refractivity contribution in [2.24, 2.45) is 9.98 Å². The molecule has 5 aromatic rings. The number of pyridine rings is 1. The summed E-state index contributed by atoms with van der Waals surface area (Å²) in [5.41, 5.74) is 2.47. The first-order valence-electron chi connectivity index (χ1n) is 11.0. The van der Waals surface area contributed by atoms with Crippen molar-refractivity contribution < 1.29 is 5.11 Å². The maximum Gasteiger partial charge on any atom is 0.261 e. The summed E-state index contributed by atoms with van der Waals surface area (Å²) in [4.78, 5) is 28.3. The Morgan fingerprint density at radius 1 is 1.00 bits per heavy atom. The number of amidine groups is 1. The standard InChI is InChI=1S/C26H23N5O2/c1-30(2)11-6-12-31-25(32)17-9-5-8-16-22(17)18(26(31)33)13-21-23(16)29-24(28-21)19-14-27-20-10-4-3-7-15(19)20/h3-5,7-10,13-14,27,33H,6,11-12H2,1-2H3. The van der Waals surface area contributed by atoms with Crippen molar-refractivity contribution in [1.29, 1.82) is 0 Å². The zero-order chi connectivity index (χ0) is 22.7. The van der Waals surface area contributed by atoms with E-state index in [0.29, 0.717) is 28.8 Å². The molecule has 6 rings (SSSR count). The van der Waals surface area contributed by atoms with Crippen LogP contribution in [0.1, 0.15) is 12.0 Å². The summed E-state index contributed by atoms with van der Waals surface area (Å²) >= 11 is 0. The van der Waals surface area contributed by atoms with Gasteiger partial charge in [0.1, 0.15) is 0 Å². The lowest BCUT2D eigenvalue weighted by atomic mass is 10.0. The van der Waals surface area contributed by atoms with Gasteiger partial charge in [0.25, 0.3) is 5.56 Å². The molecule has 0 radical (unpaired) electrons. The molecule has 7 heteroatoms. The van der Waals surface area contributed by atoms with Gasteiger partial charge in [-0.15, -0.1) is 0 Å². The Morgan fingerprint density at radius 3 is 2.64 bits per heavy atom. The number of aromatic hydroxyl groups is 1. The molecule has 0 unspecified atom stereocenters. The number of hydrogen-bond donors (Lipinski definition) is 2. The number of fused-ring (bicyclic) bond motifs is 3. The highest BCUT2D eigenvalue weighted by Gasteiger charge is 2.21. The number of para-hydroxylation sites is 1. The first kappa shape index (κ1) is 19.7. The van der Waals surface area contributed by atoms with Gasteiger partial charge in [-0.3, -0.25) is 9.36 Å². The van der Waals surface area contributed by atoms with Crippen LogP contribution in [0.15, 0.2) is 69.5 Å². The van der Waals surface area contributed by atoms with Crippen LogP contribution in [-0.2, 0) is 6.54 Å². The fourth-order valence-electron chi connectivity index (χ4n) is 4.77. The second-order valence-electron chi connectivity index (χ2n) is 8.75. The van der Waals surface area contributed by atoms with E-state index in [-0.39, 0.29) is 11.4 Å². The van der Waals surface area contributed by atoms with Crippen LogP contribution in [0.3, 0.4) is 0 Å². The topological polar surface area (TPSA) is 86.0 Å². The van der Waals surface area contributed by atoms with E-state index in [0.717, 1.165) is 45.6 Å². The number of aliphatic imine (C=N–C) groups is 1. The molecule has 0 atom stereocenters. The van der Waals surface area contributed by atoms with Crippen molar-refractivity contribution in [3.8, 4) is 5.88 Å². The third-order valence-electron chi connectivity index (χ3n) is 6.35. The Morgan fingerprint density at radius 2 is 1.79 bits per heavy atom. The Kier molecular flexibility index (Phi) is 4.35. The molecule has 1 aliphatic rings. The van der Waals surface area contributed by atoms with Gasteiger partial charge in [-0.2, -0.15) is 0 Å². The fourth-order valence-corrected chi connectivity index (χ4v) is 4.77. The van der Waals surface area contributed by atoms with E-state index in [9.17, 15) is 9.90 Å². The highest BCUT2D eigenvalue weighted by molar-refractivity contribution is 6.16. The zero-order valence-corrected chi connectivity index (χ0v) is 18.5. The first-order valence-corrected chi connectivity index (χ1v) is 11.0. The second kappa shape index (κ2) is 7.28. The van der Waals surface area contributed by atoms with Crippen LogP contribution < -0.4 is 10.9 Å². The number of rotatable bonds is 5. The van der Waals surface area contributed by atoms with E-state index < -0.39 is 0 Å². The number of nitrogens with zero attached hydrogens (tertiary/aromatic N) is 4. The van der Waals surface area contributed by atoms with Gasteiger partial charge in [0.05, 0.1) is 11.0 Å². The summed E-state index contributed by atoms with van der Waals surface area (Å²) < 4.78 is 1.48. The molecule has 7 nitrogen and oxygen atoms in total. The first-order chi connectivity index (χ1) is 16.0. The predicted octanol–water partition coefficient (Wildman–Crippen LogP) is 3.72. The van der Waals surface area contributed by atoms with Crippen molar-refractivity contribution in [3.05, 3.63) is 76.0 Å². The average molecular weight is 438 g/mol. The lowest BCUT2D eigenvalue weighted by Gasteiger charge is -2.15. The molecule has 2 N–H and O–H groups in total. The Hall–Kier alpha value is -3.97. The molecule has 2 aromatic heterocycles. The molecule has 0 spiro atoms. The fraction of sp³-hybridized carbons (Fsp3) is 0.192. The van der Waals surface area contributed by atoms with Gasteiger partial charge >= 0.3 is 0 Å². The number of H-pyrrole nitrogens is 1. The molecule has 3 heterocycles. The summed E-state index contributed by atoms with van der Waals surface area (Å²) in [5.74, 6) is 0.611. The predicted molar refractivity (Wildman–Crippen MR) is 132 cm³/mol. The maximum atomic E-state index is 13.3. The van der Waals surface area contributed by atoms with Crippen LogP contribution in [-0.4, -0.2) is 46.0 Å². The van der Waals surface area contributed by atoms with Crippen LogP contribution in [0.25, 0.3) is 32.4 Å². The number of benzene rings is 3. The number of aromatic amines is 1. The van der Waals surface area contributed by atoms with Crippen LogP contribution in [0, 0.1) is 0 Å². The van der Waals surface area contributed by atoms with Gasteiger partial charge < -0.3 is 15.0 Å². The van der Waals surface area contributed by atoms with E-state index in [1.807, 2.05) is 68.8 Å². The van der Waals surface area contributed by atoms with Gasteiger partial charge in [0.2, 0.25) is 5.88 Å². The quantitative estimate of drug-likeness (QED) is 0.439. The summed E-state index contributed by atoms with van der Waals surface area (Å²) in [6, 6.07) is 15.5. The molecule has 0 fully saturated rings. The molecular formula is C26H23N5O2. The SMILES string of the molecule is CN(C)CCCn1c(O)c2cc3c(c4cccc(c1=O)c24)=NC(c1c[nH]c2ccccc12)=N3. The zero-order valence-electron chi connectivity index (χ0n) is 18.5. The van der Waals surface area contributed by atoms with E-state index in [1.165, 1.54) is 4.57 Å². The van der Waals surface area contributed by atoms with Gasteiger partial charge in [-0.1, -0.05) is 30.3 Å². The van der Waals surface area contributed by atoms with Crippen molar-refractivity contribution in [3.63, 3.8) is 0 Å². The molecule has 164 valence electrons. The van der Waals surface area contributed by atoms with Crippen LogP contribution in [0.5, 0.6) is 5.88 Å². The van der Waals surface area contributed by atoms with Crippen molar-refractivity contribution in [2.45, 2.75) is 13.0 Å². The molecule has 0 amide bonds. The Balaban J connectivity index is 1.57. The van der Waals surface area contributed by atoms with E-state index in [1.54, 1.807) is 0 Å². The maximum absolute atomic E-state index is 13.3. The Bertz CT molecular complexity index is 1710. The van der Waals surface area contributed by atoms with Gasteiger partial charge in [0, 0.05) is 50.8 Å². The third-order valence-corrected chi connectivity index (χ3v) is 6.35. The highest BCUT2D eigenvalue weighted by Crippen LogP contribution is 2.34. The summed E-state index contributed by atoms with van der Waals surface area (Å²) in [6.07, 6.45) is 2.68. The minimum absolute atomic E-state index is 0.0130. The summed E-state index contributed by atoms with van der Waals surface area (Å²) in [6.45, 7) is 1.28. The van der Waals surface area contributed by atoms with E-state index in [4.69, 9.17) is 9.98 Å². The Labute approximate surface area is 189 Å². The molecule has 3 aromatic carbocycles. The number of hydrogen-bond acceptors (Lipinski definition) is 5. The molecule has 33 heavy (non-hydrogen) atoms. The number of nitrogens with one attached hydrogen (secondary N) is 1. The lowest BCUT2D eigenvalue weighted by Crippen LogP contribution is -2.23. The summed E-state index contributed by atoms with van der Waals surface area (Å²) in [7, 11) is 3.99. The smallest absolute Gasteiger partial charge is 0.261 e. The average Bonchev–Trinajstić information content (AvgIpc) is 3.43. The van der Waals surface area contributed by atoms with Crippen molar-refractivity contribution in [1.82, 2.24) is 14.5 Å². The number of aromatic nitrogens is 2. The van der Waals surface area contributed by atoms with Gasteiger partial charge in [-0.05, 0) is 45.3 Å². The molecule has 0 saturated heterocycles. The largest absolute Gasteiger partial charge is 0.494 e. The minimum Gasteiger partial charge on any atom is -0.494 e. The molecule has 0 aliphatic carbocycles. The lowest BCUT2D eigenvalue weighted by molar-refractivity contribution is 0.365. The van der Waals surface area contributed by atoms with Crippen molar-refractivity contribution >= 4 is 44.0 Å². The van der Waals surface area contributed by atoms with Gasteiger partial charge in [-0.25, -0.2) is 9.98 Å². The minimum atomic E-state index is -0.180. The highest BCUT2D eigenvalue weighted by atomic mass is 16.3. The van der Waals surface area contributed by atoms with E-state index in [2.05, 4.69) is 9.88 Å². The molecular weight excluding hydrogens is 414 g/mol. The molecule has 1 aliphatic heterocycles. The third kappa shape index (κ3) is 2.97. The second-order valence-corrected chi connectivity index (χ2v) is 8.75. The molecule has 0 bridgehead atoms. The molecule has 0 saturated carbocycles.